The van der Waals surface area contributed by atoms with Gasteiger partial charge in [-0.1, -0.05) is 0 Å². The molecule has 0 aromatic heterocycles. The molecule has 1 atom stereocenters. The molecule has 1 saturated carbocycles. The number of nitrogens with one attached hydrogen (secondary N) is 2. The van der Waals surface area contributed by atoms with Crippen LogP contribution in [0.2, 0.25) is 0 Å². The molecule has 14 heavy (non-hydrogen) atoms. The van der Waals surface area contributed by atoms with Crippen molar-refractivity contribution in [3.8, 4) is 0 Å². The van der Waals surface area contributed by atoms with Crippen LogP contribution >= 0.6 is 0 Å². The molecule has 1 unspecified atom stereocenters. The van der Waals surface area contributed by atoms with E-state index in [4.69, 9.17) is 4.74 Å². The first-order chi connectivity index (χ1) is 6.72. The Kier molecular flexibility index (Phi) is 4.69. The summed E-state index contributed by atoms with van der Waals surface area (Å²) in [5, 5.41) is 14.6. The fourth-order valence-corrected chi connectivity index (χ4v) is 1.25. The molecule has 5 nitrogen and oxygen atoms in total. The molecule has 1 fully saturated rings. The molecule has 3 N–H and O–H groups in total. The van der Waals surface area contributed by atoms with Crippen LogP contribution in [0.1, 0.15) is 19.3 Å². The number of carbonyl (C=O) groups is 1. The van der Waals surface area contributed by atoms with Crippen LogP contribution in [0.25, 0.3) is 0 Å². The van der Waals surface area contributed by atoms with Crippen LogP contribution < -0.4 is 10.6 Å². The fraction of sp³-hybridized carbons (Fsp3) is 0.889. The smallest absolute Gasteiger partial charge is 0.315 e. The van der Waals surface area contributed by atoms with Crippen molar-refractivity contribution >= 4 is 6.03 Å². The number of aliphatic hydroxyl groups excluding tert-OH is 1. The van der Waals surface area contributed by atoms with E-state index in [0.717, 1.165) is 12.8 Å². The Morgan fingerprint density at radius 2 is 2.36 bits per heavy atom. The van der Waals surface area contributed by atoms with Gasteiger partial charge in [0.15, 0.2) is 0 Å². The Hall–Kier alpha value is -0.810. The summed E-state index contributed by atoms with van der Waals surface area (Å²) in [5.74, 6) is 0. The van der Waals surface area contributed by atoms with Gasteiger partial charge in [0, 0.05) is 19.7 Å². The van der Waals surface area contributed by atoms with E-state index in [1.54, 1.807) is 0 Å². The van der Waals surface area contributed by atoms with Crippen LogP contribution in [0.15, 0.2) is 0 Å². The Balaban J connectivity index is 2.01. The van der Waals surface area contributed by atoms with E-state index in [-0.39, 0.29) is 19.2 Å². The molecular weight excluding hydrogens is 184 g/mol. The predicted octanol–water partition coefficient (Wildman–Crippen LogP) is -0.155. The third-order valence-electron chi connectivity index (χ3n) is 2.30. The molecule has 0 radical (unpaired) electrons. The molecule has 0 aromatic rings. The van der Waals surface area contributed by atoms with E-state index in [1.165, 1.54) is 13.5 Å². The van der Waals surface area contributed by atoms with Crippen LogP contribution in [-0.2, 0) is 4.74 Å². The van der Waals surface area contributed by atoms with Crippen molar-refractivity contribution in [2.24, 2.45) is 0 Å². The van der Waals surface area contributed by atoms with Crippen LogP contribution in [-0.4, -0.2) is 43.5 Å². The number of amides is 2. The van der Waals surface area contributed by atoms with Crippen LogP contribution in [0.5, 0.6) is 0 Å². The molecule has 0 aliphatic heterocycles. The van der Waals surface area contributed by atoms with Gasteiger partial charge >= 0.3 is 6.03 Å². The predicted molar refractivity (Wildman–Crippen MR) is 52.1 cm³/mol. The largest absolute Gasteiger partial charge is 0.389 e. The summed E-state index contributed by atoms with van der Waals surface area (Å²) in [7, 11) is 1.51. The molecule has 5 heteroatoms. The van der Waals surface area contributed by atoms with Crippen LogP contribution in [0.4, 0.5) is 4.79 Å². The maximum absolute atomic E-state index is 11.2. The van der Waals surface area contributed by atoms with Crippen molar-refractivity contribution in [2.45, 2.75) is 31.4 Å². The van der Waals surface area contributed by atoms with Gasteiger partial charge in [-0.05, 0) is 19.3 Å². The standard InChI is InChI=1S/C9H18N2O3/c1-14-6-8(12)5-10-9(13)11-7-3-2-4-7/h7-8,12H,2-6H2,1H3,(H2,10,11,13). The van der Waals surface area contributed by atoms with Crippen molar-refractivity contribution in [3.05, 3.63) is 0 Å². The van der Waals surface area contributed by atoms with E-state index in [2.05, 4.69) is 10.6 Å². The Morgan fingerprint density at radius 3 is 2.86 bits per heavy atom. The molecular formula is C9H18N2O3. The number of methoxy groups -OCH3 is 1. The number of carbonyl (C=O) groups excluding carboxylic acids is 1. The Labute approximate surface area is 83.8 Å². The monoisotopic (exact) mass is 202 g/mol. The van der Waals surface area contributed by atoms with Gasteiger partial charge in [-0.3, -0.25) is 0 Å². The van der Waals surface area contributed by atoms with Gasteiger partial charge in [-0.15, -0.1) is 0 Å². The van der Waals surface area contributed by atoms with Crippen molar-refractivity contribution in [1.82, 2.24) is 10.6 Å². The average Bonchev–Trinajstić information content (AvgIpc) is 2.09. The summed E-state index contributed by atoms with van der Waals surface area (Å²) in [6.07, 6.45) is 2.69. The van der Waals surface area contributed by atoms with E-state index in [1.807, 2.05) is 0 Å². The minimum absolute atomic E-state index is 0.204. The van der Waals surface area contributed by atoms with Gasteiger partial charge in [0.1, 0.15) is 0 Å². The van der Waals surface area contributed by atoms with Gasteiger partial charge in [0.05, 0.1) is 12.7 Å². The van der Waals surface area contributed by atoms with E-state index in [9.17, 15) is 9.90 Å². The van der Waals surface area contributed by atoms with Crippen molar-refractivity contribution < 1.29 is 14.6 Å². The Morgan fingerprint density at radius 1 is 1.64 bits per heavy atom. The third kappa shape index (κ3) is 3.93. The normalized spacial score (nSPS) is 18.4. The highest BCUT2D eigenvalue weighted by molar-refractivity contribution is 5.74. The summed E-state index contributed by atoms with van der Waals surface area (Å²) < 4.78 is 4.73. The van der Waals surface area contributed by atoms with E-state index in [0.29, 0.717) is 6.04 Å². The number of urea groups is 1. The molecule has 1 rings (SSSR count). The highest BCUT2D eigenvalue weighted by atomic mass is 16.5. The lowest BCUT2D eigenvalue weighted by Gasteiger charge is -2.26. The Bertz CT molecular complexity index is 183. The molecule has 2 amide bonds. The molecule has 0 saturated heterocycles. The van der Waals surface area contributed by atoms with Crippen LogP contribution in [0, 0.1) is 0 Å². The summed E-state index contributed by atoms with van der Waals surface area (Å²) in [5.41, 5.74) is 0. The number of ether oxygens (including phenoxy) is 1. The molecule has 1 aliphatic rings. The minimum Gasteiger partial charge on any atom is -0.389 e. The lowest BCUT2D eigenvalue weighted by molar-refractivity contribution is 0.0658. The fourth-order valence-electron chi connectivity index (χ4n) is 1.25. The van der Waals surface area contributed by atoms with Crippen molar-refractivity contribution in [1.29, 1.82) is 0 Å². The zero-order chi connectivity index (χ0) is 10.4. The molecule has 82 valence electrons. The van der Waals surface area contributed by atoms with Crippen LogP contribution in [0.3, 0.4) is 0 Å². The van der Waals surface area contributed by atoms with E-state index >= 15 is 0 Å². The highest BCUT2D eigenvalue weighted by Crippen LogP contribution is 2.17. The summed E-state index contributed by atoms with van der Waals surface area (Å²) in [4.78, 5) is 11.2. The van der Waals surface area contributed by atoms with Gasteiger partial charge in [0.25, 0.3) is 0 Å². The van der Waals surface area contributed by atoms with Crippen molar-refractivity contribution in [3.63, 3.8) is 0 Å². The second-order valence-electron chi connectivity index (χ2n) is 3.59. The lowest BCUT2D eigenvalue weighted by atomic mass is 9.93. The molecule has 1 aliphatic carbocycles. The van der Waals surface area contributed by atoms with E-state index < -0.39 is 6.10 Å². The summed E-state index contributed by atoms with van der Waals surface area (Å²) in [6, 6.07) is 0.124. The number of hydrogen-bond acceptors (Lipinski definition) is 3. The first-order valence-corrected chi connectivity index (χ1v) is 4.93. The van der Waals surface area contributed by atoms with Gasteiger partial charge in [-0.2, -0.15) is 0 Å². The number of hydrogen-bond donors (Lipinski definition) is 3. The molecule has 0 heterocycles. The van der Waals surface area contributed by atoms with Crippen molar-refractivity contribution in [2.75, 3.05) is 20.3 Å². The second-order valence-corrected chi connectivity index (χ2v) is 3.59. The maximum atomic E-state index is 11.2. The minimum atomic E-state index is -0.632. The molecule has 0 spiro atoms. The van der Waals surface area contributed by atoms with Gasteiger partial charge in [-0.25, -0.2) is 4.79 Å². The quantitative estimate of drug-likeness (QED) is 0.580. The third-order valence-corrected chi connectivity index (χ3v) is 2.30. The zero-order valence-electron chi connectivity index (χ0n) is 8.45. The lowest BCUT2D eigenvalue weighted by Crippen LogP contribution is -2.47. The first-order valence-electron chi connectivity index (χ1n) is 4.93. The number of aliphatic hydroxyl groups is 1. The molecule has 0 aromatic carbocycles. The zero-order valence-corrected chi connectivity index (χ0v) is 8.45. The first kappa shape index (κ1) is 11.3. The molecule has 0 bridgehead atoms. The van der Waals surface area contributed by atoms with Gasteiger partial charge < -0.3 is 20.5 Å². The maximum Gasteiger partial charge on any atom is 0.315 e. The summed E-state index contributed by atoms with van der Waals surface area (Å²) in [6.45, 7) is 0.468. The summed E-state index contributed by atoms with van der Waals surface area (Å²) >= 11 is 0. The topological polar surface area (TPSA) is 70.6 Å². The average molecular weight is 202 g/mol. The second kappa shape index (κ2) is 5.82. The SMILES string of the molecule is COCC(O)CNC(=O)NC1CCC1. The van der Waals surface area contributed by atoms with Gasteiger partial charge in [0.2, 0.25) is 0 Å². The number of rotatable bonds is 5. The highest BCUT2D eigenvalue weighted by Gasteiger charge is 2.19.